The normalized spacial score (nSPS) is 19.7. The molecule has 3 heterocycles. The van der Waals surface area contributed by atoms with Crippen LogP contribution in [0.4, 0.5) is 11.4 Å². The van der Waals surface area contributed by atoms with Crippen LogP contribution in [0, 0.1) is 12.8 Å². The number of aromatic nitrogens is 1. The molecule has 0 aliphatic carbocycles. The second-order valence-corrected chi connectivity index (χ2v) is 12.7. The van der Waals surface area contributed by atoms with Crippen LogP contribution in [-0.2, 0) is 20.9 Å². The number of amides is 3. The first kappa shape index (κ1) is 27.6. The van der Waals surface area contributed by atoms with Crippen LogP contribution < -0.4 is 15.1 Å². The number of aryl methyl sites for hydroxylation is 1. The minimum Gasteiger partial charge on any atom is -0.508 e. The minimum absolute atomic E-state index is 0.0539. The van der Waals surface area contributed by atoms with Crippen LogP contribution in [0.5, 0.6) is 5.75 Å². The highest BCUT2D eigenvalue weighted by atomic mass is 35.5. The van der Waals surface area contributed by atoms with Gasteiger partial charge in [0.25, 0.3) is 0 Å². The number of benzene rings is 3. The molecule has 0 spiro atoms. The Hall–Kier alpha value is -3.57. The SMILES string of the molecule is Cc1ccc(N2C(=O)C3Sc4c(sc(=O)n4CC(=O)Nc4ccc(O)cc4)[C@H](c4cccc(Cl)c4Cl)C3C2=O)cc1. The van der Waals surface area contributed by atoms with E-state index in [0.29, 0.717) is 26.8 Å². The van der Waals surface area contributed by atoms with Gasteiger partial charge in [-0.3, -0.25) is 23.7 Å². The molecular weight excluding hydrogens is 605 g/mol. The molecule has 3 atom stereocenters. The van der Waals surface area contributed by atoms with Crippen molar-refractivity contribution < 1.29 is 19.5 Å². The fourth-order valence-corrected chi connectivity index (χ4v) is 8.38. The molecule has 4 aromatic rings. The predicted molar refractivity (Wildman–Crippen MR) is 160 cm³/mol. The number of hydrogen-bond donors (Lipinski definition) is 2. The first-order chi connectivity index (χ1) is 19.6. The minimum atomic E-state index is -0.850. The van der Waals surface area contributed by atoms with E-state index < -0.39 is 33.8 Å². The highest BCUT2D eigenvalue weighted by Crippen LogP contribution is 2.55. The van der Waals surface area contributed by atoms with E-state index in [9.17, 15) is 24.3 Å². The fraction of sp³-hybridized carbons (Fsp3) is 0.172. The zero-order valence-corrected chi connectivity index (χ0v) is 24.5. The number of nitrogens with one attached hydrogen (secondary N) is 1. The van der Waals surface area contributed by atoms with E-state index >= 15 is 0 Å². The molecule has 3 amide bonds. The van der Waals surface area contributed by atoms with Crippen LogP contribution >= 0.6 is 46.3 Å². The molecule has 0 bridgehead atoms. The van der Waals surface area contributed by atoms with Crippen LogP contribution in [0.3, 0.4) is 0 Å². The van der Waals surface area contributed by atoms with Gasteiger partial charge in [0.15, 0.2) is 0 Å². The molecule has 2 aliphatic rings. The van der Waals surface area contributed by atoms with Gasteiger partial charge in [-0.05, 0) is 55.0 Å². The van der Waals surface area contributed by atoms with Gasteiger partial charge in [0.2, 0.25) is 17.7 Å². The van der Waals surface area contributed by atoms with Gasteiger partial charge in [-0.1, -0.05) is 76.1 Å². The second-order valence-electron chi connectivity index (χ2n) is 9.75. The highest BCUT2D eigenvalue weighted by molar-refractivity contribution is 8.00. The number of thioether (sulfide) groups is 1. The zero-order valence-electron chi connectivity index (χ0n) is 21.3. The van der Waals surface area contributed by atoms with Crippen molar-refractivity contribution in [2.45, 2.75) is 29.7 Å². The van der Waals surface area contributed by atoms with Crippen LogP contribution in [0.15, 0.2) is 76.6 Å². The summed E-state index contributed by atoms with van der Waals surface area (Å²) in [5, 5.41) is 12.3. The van der Waals surface area contributed by atoms with Gasteiger partial charge in [-0.2, -0.15) is 0 Å². The monoisotopic (exact) mass is 625 g/mol. The molecule has 2 unspecified atom stereocenters. The molecule has 8 nitrogen and oxygen atoms in total. The molecule has 12 heteroatoms. The number of halogens is 2. The summed E-state index contributed by atoms with van der Waals surface area (Å²) >= 11 is 15.1. The van der Waals surface area contributed by atoms with Crippen molar-refractivity contribution in [1.82, 2.24) is 4.57 Å². The molecule has 1 fully saturated rings. The summed E-state index contributed by atoms with van der Waals surface area (Å²) in [6, 6.07) is 18.2. The van der Waals surface area contributed by atoms with Crippen molar-refractivity contribution in [2.75, 3.05) is 10.2 Å². The van der Waals surface area contributed by atoms with Crippen LogP contribution in [0.2, 0.25) is 10.0 Å². The topological polar surface area (TPSA) is 109 Å². The average Bonchev–Trinajstić information content (AvgIpc) is 3.38. The quantitative estimate of drug-likeness (QED) is 0.219. The zero-order chi connectivity index (χ0) is 29.0. The third-order valence-corrected chi connectivity index (χ3v) is 10.5. The molecule has 6 rings (SSSR count). The van der Waals surface area contributed by atoms with E-state index in [0.717, 1.165) is 28.7 Å². The van der Waals surface area contributed by atoms with Crippen molar-refractivity contribution in [2.24, 2.45) is 5.92 Å². The Morgan fingerprint density at radius 2 is 1.68 bits per heavy atom. The molecule has 1 saturated heterocycles. The lowest BCUT2D eigenvalue weighted by Gasteiger charge is -2.31. The smallest absolute Gasteiger partial charge is 0.308 e. The number of carbonyl (C=O) groups is 3. The van der Waals surface area contributed by atoms with Gasteiger partial charge in [-0.25, -0.2) is 4.90 Å². The number of rotatable bonds is 5. The molecule has 208 valence electrons. The van der Waals surface area contributed by atoms with Crippen LogP contribution in [0.1, 0.15) is 21.9 Å². The first-order valence-corrected chi connectivity index (χ1v) is 15.0. The molecule has 0 radical (unpaired) electrons. The summed E-state index contributed by atoms with van der Waals surface area (Å²) in [5.74, 6) is -2.77. The summed E-state index contributed by atoms with van der Waals surface area (Å²) in [7, 11) is 0. The lowest BCUT2D eigenvalue weighted by Crippen LogP contribution is -2.33. The summed E-state index contributed by atoms with van der Waals surface area (Å²) in [6.45, 7) is 1.61. The number of thiazole rings is 1. The second kappa shape index (κ2) is 10.7. The predicted octanol–water partition coefficient (Wildman–Crippen LogP) is 5.67. The number of phenolic OH excluding ortho intramolecular Hbond substituents is 1. The van der Waals surface area contributed by atoms with Crippen molar-refractivity contribution in [1.29, 1.82) is 0 Å². The van der Waals surface area contributed by atoms with Gasteiger partial charge in [0.1, 0.15) is 17.5 Å². The first-order valence-electron chi connectivity index (χ1n) is 12.5. The van der Waals surface area contributed by atoms with E-state index in [4.69, 9.17) is 23.2 Å². The van der Waals surface area contributed by atoms with Gasteiger partial charge in [0, 0.05) is 16.5 Å². The number of phenols is 1. The number of hydrogen-bond acceptors (Lipinski definition) is 7. The third kappa shape index (κ3) is 4.84. The van der Waals surface area contributed by atoms with Crippen molar-refractivity contribution >= 4 is 75.4 Å². The van der Waals surface area contributed by atoms with E-state index in [-0.39, 0.29) is 28.2 Å². The number of carbonyl (C=O) groups excluding carboxylic acids is 3. The average molecular weight is 627 g/mol. The van der Waals surface area contributed by atoms with E-state index in [1.165, 1.54) is 33.7 Å². The maximum atomic E-state index is 14.0. The lowest BCUT2D eigenvalue weighted by atomic mass is 9.83. The van der Waals surface area contributed by atoms with E-state index in [1.54, 1.807) is 30.3 Å². The maximum absolute atomic E-state index is 14.0. The number of aromatic hydroxyl groups is 1. The Kier molecular flexibility index (Phi) is 7.19. The number of anilines is 2. The largest absolute Gasteiger partial charge is 0.508 e. The summed E-state index contributed by atoms with van der Waals surface area (Å²) in [6.07, 6.45) is 0. The summed E-state index contributed by atoms with van der Waals surface area (Å²) in [4.78, 5) is 55.4. The molecule has 0 saturated carbocycles. The molecule has 3 aromatic carbocycles. The Bertz CT molecular complexity index is 1770. The van der Waals surface area contributed by atoms with Crippen molar-refractivity contribution in [3.63, 3.8) is 0 Å². The van der Waals surface area contributed by atoms with E-state index in [1.807, 2.05) is 19.1 Å². The highest BCUT2D eigenvalue weighted by Gasteiger charge is 2.57. The molecule has 1 aromatic heterocycles. The maximum Gasteiger partial charge on any atom is 0.308 e. The molecule has 2 N–H and O–H groups in total. The molecule has 2 aliphatic heterocycles. The van der Waals surface area contributed by atoms with Gasteiger partial charge < -0.3 is 10.4 Å². The Morgan fingerprint density at radius 3 is 2.39 bits per heavy atom. The number of fused-ring (bicyclic) bond motifs is 2. The third-order valence-electron chi connectivity index (χ3n) is 7.11. The summed E-state index contributed by atoms with van der Waals surface area (Å²) < 4.78 is 1.33. The van der Waals surface area contributed by atoms with Gasteiger partial charge >= 0.3 is 4.87 Å². The molecule has 41 heavy (non-hydrogen) atoms. The van der Waals surface area contributed by atoms with Crippen molar-refractivity contribution in [3.05, 3.63) is 102 Å². The van der Waals surface area contributed by atoms with Crippen LogP contribution in [-0.4, -0.2) is 32.6 Å². The standard InChI is InChI=1S/C29H21Cl2N3O5S2/c1-14-5-9-16(10-6-14)34-26(37)22-21(18-3-2-4-19(30)23(18)31)25-28(40-24(22)27(34)38)33(29(39)41-25)13-20(36)32-15-7-11-17(35)12-8-15/h2-12,21-22,24,35H,13H2,1H3,(H,32,36)/t21-,22?,24?/m1/s1. The summed E-state index contributed by atoms with van der Waals surface area (Å²) in [5.41, 5.74) is 2.43. The lowest BCUT2D eigenvalue weighted by molar-refractivity contribution is -0.122. The number of nitrogens with zero attached hydrogens (tertiary/aromatic N) is 2. The van der Waals surface area contributed by atoms with Crippen LogP contribution in [0.25, 0.3) is 0 Å². The van der Waals surface area contributed by atoms with Gasteiger partial charge in [0.05, 0.1) is 26.7 Å². The van der Waals surface area contributed by atoms with E-state index in [2.05, 4.69) is 5.32 Å². The Morgan fingerprint density at radius 1 is 0.976 bits per heavy atom. The Balaban J connectivity index is 1.43. The number of imide groups is 1. The molecular formula is C29H21Cl2N3O5S2. The van der Waals surface area contributed by atoms with Gasteiger partial charge in [-0.15, -0.1) is 0 Å². The van der Waals surface area contributed by atoms with Crippen molar-refractivity contribution in [3.8, 4) is 5.75 Å². The fourth-order valence-electron chi connectivity index (χ4n) is 5.19. The Labute approximate surface area is 252 Å².